The molecule has 6 nitrogen and oxygen atoms in total. The van der Waals surface area contributed by atoms with Crippen LogP contribution in [0.2, 0.25) is 0 Å². The SMILES string of the molecule is CC/C=C\C/C=C\C/C=C\C/C=C\C/C=C\C/C=C\C/C=C\C/C=C\C/C=C\CCCC(=O)OCC(COC(=O)CCCCCCC)OC(=O)CCCCCCCCCCCC/C=C\C/C=C\C/C=C\CCCCCCC. The molecule has 0 aliphatic carbocycles. The van der Waals surface area contributed by atoms with Crippen LogP contribution in [0.25, 0.3) is 0 Å². The number of hydrogen-bond donors (Lipinski definition) is 0. The van der Waals surface area contributed by atoms with Gasteiger partial charge in [-0.2, -0.15) is 0 Å². The number of ether oxygens (including phenoxy) is 3. The summed E-state index contributed by atoms with van der Waals surface area (Å²) in [6.07, 6.45) is 91.9. The monoisotopic (exact) mass is 1060 g/mol. The summed E-state index contributed by atoms with van der Waals surface area (Å²) in [5.41, 5.74) is 0. The average Bonchev–Trinajstić information content (AvgIpc) is 3.43. The maximum atomic E-state index is 12.8. The fourth-order valence-corrected chi connectivity index (χ4v) is 8.16. The summed E-state index contributed by atoms with van der Waals surface area (Å²) >= 11 is 0. The lowest BCUT2D eigenvalue weighted by Crippen LogP contribution is -2.30. The molecule has 0 bridgehead atoms. The third-order valence-corrected chi connectivity index (χ3v) is 12.8. The molecule has 434 valence electrons. The molecule has 0 heterocycles. The molecule has 6 heteroatoms. The number of rotatable bonds is 55. The van der Waals surface area contributed by atoms with Crippen molar-refractivity contribution in [1.82, 2.24) is 0 Å². The zero-order valence-electron chi connectivity index (χ0n) is 49.7. The zero-order chi connectivity index (χ0) is 55.7. The highest BCUT2D eigenvalue weighted by Crippen LogP contribution is 2.14. The molecule has 1 atom stereocenters. The molecule has 0 radical (unpaired) electrons. The van der Waals surface area contributed by atoms with Crippen LogP contribution in [0.4, 0.5) is 0 Å². The van der Waals surface area contributed by atoms with Crippen LogP contribution >= 0.6 is 0 Å². The van der Waals surface area contributed by atoms with Crippen molar-refractivity contribution in [2.45, 2.75) is 271 Å². The van der Waals surface area contributed by atoms with Crippen LogP contribution in [0.1, 0.15) is 265 Å². The normalized spacial score (nSPS) is 13.1. The third-order valence-electron chi connectivity index (χ3n) is 12.8. The zero-order valence-corrected chi connectivity index (χ0v) is 49.7. The molecule has 0 aromatic rings. The number of hydrogen-bond acceptors (Lipinski definition) is 6. The maximum absolute atomic E-state index is 12.8. The molecular weight excluding hydrogens is 949 g/mol. The Morgan fingerprint density at radius 1 is 0.273 bits per heavy atom. The van der Waals surface area contributed by atoms with Gasteiger partial charge in [0.2, 0.25) is 0 Å². The van der Waals surface area contributed by atoms with Gasteiger partial charge in [0.05, 0.1) is 0 Å². The Morgan fingerprint density at radius 3 is 0.844 bits per heavy atom. The first kappa shape index (κ1) is 72.3. The Kier molecular flexibility index (Phi) is 59.9. The molecule has 0 fully saturated rings. The predicted octanol–water partition coefficient (Wildman–Crippen LogP) is 21.5. The Morgan fingerprint density at radius 2 is 0.519 bits per heavy atom. The third kappa shape index (κ3) is 62.0. The largest absolute Gasteiger partial charge is 0.462 e. The van der Waals surface area contributed by atoms with E-state index >= 15 is 0 Å². The highest BCUT2D eigenvalue weighted by molar-refractivity contribution is 5.71. The first-order valence-electron chi connectivity index (χ1n) is 31.3. The second-order valence-electron chi connectivity index (χ2n) is 20.2. The first-order valence-corrected chi connectivity index (χ1v) is 31.3. The van der Waals surface area contributed by atoms with E-state index in [2.05, 4.69) is 167 Å². The summed E-state index contributed by atoms with van der Waals surface area (Å²) in [5, 5.41) is 0. The van der Waals surface area contributed by atoms with Gasteiger partial charge < -0.3 is 14.2 Å². The molecule has 1 unspecified atom stereocenters. The molecule has 0 saturated carbocycles. The minimum absolute atomic E-state index is 0.103. The minimum Gasteiger partial charge on any atom is -0.462 e. The summed E-state index contributed by atoms with van der Waals surface area (Å²) in [4.78, 5) is 37.9. The van der Waals surface area contributed by atoms with E-state index in [4.69, 9.17) is 14.2 Å². The lowest BCUT2D eigenvalue weighted by molar-refractivity contribution is -0.167. The van der Waals surface area contributed by atoms with E-state index in [0.717, 1.165) is 128 Å². The van der Waals surface area contributed by atoms with Gasteiger partial charge in [0.15, 0.2) is 6.10 Å². The topological polar surface area (TPSA) is 78.9 Å². The first-order chi connectivity index (χ1) is 38.0. The van der Waals surface area contributed by atoms with Crippen LogP contribution in [0, 0.1) is 0 Å². The van der Waals surface area contributed by atoms with Crippen molar-refractivity contribution in [2.24, 2.45) is 0 Å². The van der Waals surface area contributed by atoms with Gasteiger partial charge in [0.25, 0.3) is 0 Å². The van der Waals surface area contributed by atoms with Crippen molar-refractivity contribution in [3.8, 4) is 0 Å². The van der Waals surface area contributed by atoms with Gasteiger partial charge in [-0.05, 0) is 122 Å². The quantitative estimate of drug-likeness (QED) is 0.0261. The van der Waals surface area contributed by atoms with Crippen molar-refractivity contribution in [3.63, 3.8) is 0 Å². The number of esters is 3. The molecular formula is C71H114O6. The second-order valence-corrected chi connectivity index (χ2v) is 20.2. The van der Waals surface area contributed by atoms with E-state index in [1.54, 1.807) is 0 Å². The molecule has 0 saturated heterocycles. The molecule has 0 aromatic carbocycles. The van der Waals surface area contributed by atoms with Crippen LogP contribution < -0.4 is 0 Å². The van der Waals surface area contributed by atoms with Gasteiger partial charge in [-0.1, -0.05) is 269 Å². The smallest absolute Gasteiger partial charge is 0.306 e. The standard InChI is InChI=1S/C71H114O6/c1-4-7-10-13-15-17-19-21-23-25-27-29-31-33-34-35-36-38-39-41-43-45-47-49-51-53-55-58-61-64-70(73)76-67-68(66-75-69(72)63-60-57-12-9-6-3)77-71(74)65-62-59-56-54-52-50-48-46-44-42-40-37-32-30-28-26-24-22-20-18-16-14-11-8-5-2/h7,10,15,17,20-23,26-29,32-34,36-38,41,43,47,49,53,55,68H,4-6,8-9,11-14,16,18-19,24-25,30-31,35,39-40,42,44-46,48,50-52,54,56-67H2,1-3H3/b10-7-,17-15-,22-20-,23-21-,28-26-,29-27-,34-33-,37-32-,38-36-,43-41-,49-47-,55-53-. The Hall–Kier alpha value is -4.71. The fraction of sp³-hybridized carbons (Fsp3) is 0.620. The van der Waals surface area contributed by atoms with Gasteiger partial charge in [0, 0.05) is 19.3 Å². The second kappa shape index (κ2) is 63.8. The van der Waals surface area contributed by atoms with Crippen LogP contribution in [-0.4, -0.2) is 37.2 Å². The summed E-state index contributed by atoms with van der Waals surface area (Å²) in [5.74, 6) is -0.987. The Labute approximate surface area is 474 Å². The van der Waals surface area contributed by atoms with Crippen molar-refractivity contribution in [1.29, 1.82) is 0 Å². The lowest BCUT2D eigenvalue weighted by atomic mass is 10.0. The van der Waals surface area contributed by atoms with Gasteiger partial charge in [-0.3, -0.25) is 14.4 Å². The molecule has 0 spiro atoms. The van der Waals surface area contributed by atoms with Crippen LogP contribution in [0.15, 0.2) is 146 Å². The fourth-order valence-electron chi connectivity index (χ4n) is 8.16. The van der Waals surface area contributed by atoms with Gasteiger partial charge in [-0.15, -0.1) is 0 Å². The molecule has 77 heavy (non-hydrogen) atoms. The van der Waals surface area contributed by atoms with E-state index in [0.29, 0.717) is 19.3 Å². The lowest BCUT2D eigenvalue weighted by Gasteiger charge is -2.18. The summed E-state index contributed by atoms with van der Waals surface area (Å²) in [6, 6.07) is 0. The summed E-state index contributed by atoms with van der Waals surface area (Å²) in [6.45, 7) is 6.37. The van der Waals surface area contributed by atoms with Gasteiger partial charge in [0.1, 0.15) is 13.2 Å². The number of allylic oxidation sites excluding steroid dienone is 24. The van der Waals surface area contributed by atoms with E-state index in [1.165, 1.54) is 89.9 Å². The molecule has 0 aromatic heterocycles. The molecule has 0 N–H and O–H groups in total. The molecule has 0 rings (SSSR count). The van der Waals surface area contributed by atoms with Gasteiger partial charge >= 0.3 is 17.9 Å². The number of carbonyl (C=O) groups is 3. The van der Waals surface area contributed by atoms with Crippen LogP contribution in [0.5, 0.6) is 0 Å². The number of unbranched alkanes of at least 4 members (excludes halogenated alkanes) is 20. The minimum atomic E-state index is -0.807. The van der Waals surface area contributed by atoms with Crippen molar-refractivity contribution in [3.05, 3.63) is 146 Å². The van der Waals surface area contributed by atoms with Crippen molar-refractivity contribution in [2.75, 3.05) is 13.2 Å². The molecule has 0 aliphatic rings. The van der Waals surface area contributed by atoms with E-state index in [1.807, 2.05) is 0 Å². The average molecular weight is 1060 g/mol. The highest BCUT2D eigenvalue weighted by atomic mass is 16.6. The van der Waals surface area contributed by atoms with Crippen molar-refractivity contribution < 1.29 is 28.6 Å². The highest BCUT2D eigenvalue weighted by Gasteiger charge is 2.19. The number of carbonyl (C=O) groups excluding carboxylic acids is 3. The summed E-state index contributed by atoms with van der Waals surface area (Å²) in [7, 11) is 0. The van der Waals surface area contributed by atoms with Crippen molar-refractivity contribution >= 4 is 17.9 Å². The Balaban J connectivity index is 4.21. The van der Waals surface area contributed by atoms with E-state index in [9.17, 15) is 14.4 Å². The Bertz CT molecular complexity index is 1700. The van der Waals surface area contributed by atoms with E-state index < -0.39 is 6.10 Å². The van der Waals surface area contributed by atoms with Crippen LogP contribution in [0.3, 0.4) is 0 Å². The predicted molar refractivity (Wildman–Crippen MR) is 334 cm³/mol. The molecule has 0 aliphatic heterocycles. The van der Waals surface area contributed by atoms with Gasteiger partial charge in [-0.25, -0.2) is 0 Å². The summed E-state index contributed by atoms with van der Waals surface area (Å²) < 4.78 is 16.7. The maximum Gasteiger partial charge on any atom is 0.306 e. The van der Waals surface area contributed by atoms with E-state index in [-0.39, 0.29) is 37.5 Å². The molecule has 0 amide bonds. The van der Waals surface area contributed by atoms with Crippen LogP contribution in [-0.2, 0) is 28.6 Å².